The van der Waals surface area contributed by atoms with Crippen LogP contribution in [0.5, 0.6) is 0 Å². The lowest BCUT2D eigenvalue weighted by Gasteiger charge is -2.34. The Balaban J connectivity index is 1.59. The van der Waals surface area contributed by atoms with Gasteiger partial charge in [0.25, 0.3) is 11.6 Å². The summed E-state index contributed by atoms with van der Waals surface area (Å²) in [4.78, 5) is 27.1. The molecule has 130 valence electrons. The fourth-order valence-corrected chi connectivity index (χ4v) is 3.11. The van der Waals surface area contributed by atoms with Crippen LogP contribution in [0.1, 0.15) is 21.5 Å². The number of hydrogen-bond donors (Lipinski definition) is 0. The molecule has 1 amide bonds. The van der Waals surface area contributed by atoms with Crippen molar-refractivity contribution in [3.63, 3.8) is 0 Å². The number of benzene rings is 2. The van der Waals surface area contributed by atoms with Crippen LogP contribution in [0, 0.1) is 17.0 Å². The van der Waals surface area contributed by atoms with Crippen molar-refractivity contribution in [2.75, 3.05) is 26.2 Å². The van der Waals surface area contributed by atoms with Gasteiger partial charge < -0.3 is 4.90 Å². The number of aryl methyl sites for hydroxylation is 1. The molecule has 3 rings (SSSR count). The molecule has 0 spiro atoms. The van der Waals surface area contributed by atoms with Crippen LogP contribution < -0.4 is 0 Å². The van der Waals surface area contributed by atoms with E-state index in [0.717, 1.165) is 19.6 Å². The second kappa shape index (κ2) is 7.44. The lowest BCUT2D eigenvalue weighted by molar-refractivity contribution is -0.384. The summed E-state index contributed by atoms with van der Waals surface area (Å²) in [5.41, 5.74) is 2.85. The maximum atomic E-state index is 12.6. The average Bonchev–Trinajstić information content (AvgIpc) is 2.62. The van der Waals surface area contributed by atoms with Crippen LogP contribution >= 0.6 is 0 Å². The van der Waals surface area contributed by atoms with E-state index in [-0.39, 0.29) is 11.6 Å². The monoisotopic (exact) mass is 339 g/mol. The van der Waals surface area contributed by atoms with E-state index in [1.807, 2.05) is 0 Å². The first-order chi connectivity index (χ1) is 12.0. The number of hydrogen-bond acceptors (Lipinski definition) is 4. The van der Waals surface area contributed by atoms with E-state index >= 15 is 0 Å². The molecule has 2 aromatic carbocycles. The summed E-state index contributed by atoms with van der Waals surface area (Å²) >= 11 is 0. The molecule has 0 unspecified atom stereocenters. The number of nitrogens with zero attached hydrogens (tertiary/aromatic N) is 3. The number of piperazine rings is 1. The van der Waals surface area contributed by atoms with Gasteiger partial charge in [0, 0.05) is 50.4 Å². The first kappa shape index (κ1) is 17.1. The highest BCUT2D eigenvalue weighted by Crippen LogP contribution is 2.16. The zero-order valence-corrected chi connectivity index (χ0v) is 14.2. The number of carbonyl (C=O) groups is 1. The molecule has 1 heterocycles. The van der Waals surface area contributed by atoms with E-state index in [1.54, 1.807) is 17.0 Å². The minimum absolute atomic E-state index is 0.0519. The summed E-state index contributed by atoms with van der Waals surface area (Å²) in [6.45, 7) is 5.82. The molecule has 1 aliphatic rings. The number of nitro benzene ring substituents is 1. The van der Waals surface area contributed by atoms with Crippen LogP contribution in [0.4, 0.5) is 5.69 Å². The lowest BCUT2D eigenvalue weighted by Crippen LogP contribution is -2.48. The fraction of sp³-hybridized carbons (Fsp3) is 0.316. The van der Waals surface area contributed by atoms with E-state index in [0.29, 0.717) is 18.7 Å². The number of nitro groups is 1. The number of rotatable bonds is 4. The molecule has 25 heavy (non-hydrogen) atoms. The molecule has 1 fully saturated rings. The van der Waals surface area contributed by atoms with E-state index in [2.05, 4.69) is 36.1 Å². The van der Waals surface area contributed by atoms with Gasteiger partial charge in [-0.15, -0.1) is 0 Å². The maximum Gasteiger partial charge on any atom is 0.270 e. The second-order valence-corrected chi connectivity index (χ2v) is 6.36. The van der Waals surface area contributed by atoms with E-state index in [4.69, 9.17) is 0 Å². The van der Waals surface area contributed by atoms with E-state index < -0.39 is 4.92 Å². The van der Waals surface area contributed by atoms with Crippen molar-refractivity contribution in [2.45, 2.75) is 13.5 Å². The van der Waals surface area contributed by atoms with Gasteiger partial charge in [0.05, 0.1) is 4.92 Å². The molecule has 0 radical (unpaired) electrons. The number of amides is 1. The fourth-order valence-electron chi connectivity index (χ4n) is 3.11. The maximum absolute atomic E-state index is 12.6. The quantitative estimate of drug-likeness (QED) is 0.634. The Kier molecular flexibility index (Phi) is 5.09. The normalized spacial score (nSPS) is 15.2. The highest BCUT2D eigenvalue weighted by Gasteiger charge is 2.23. The average molecular weight is 339 g/mol. The zero-order chi connectivity index (χ0) is 17.8. The third-order valence-corrected chi connectivity index (χ3v) is 4.45. The predicted molar refractivity (Wildman–Crippen MR) is 95.5 cm³/mol. The summed E-state index contributed by atoms with van der Waals surface area (Å²) in [5.74, 6) is -0.140. The van der Waals surface area contributed by atoms with Crippen molar-refractivity contribution >= 4 is 11.6 Å². The Morgan fingerprint density at radius 3 is 2.48 bits per heavy atom. The molecule has 0 atom stereocenters. The van der Waals surface area contributed by atoms with Crippen molar-refractivity contribution in [1.29, 1.82) is 0 Å². The lowest BCUT2D eigenvalue weighted by atomic mass is 10.1. The van der Waals surface area contributed by atoms with Crippen molar-refractivity contribution in [3.05, 3.63) is 75.3 Å². The van der Waals surface area contributed by atoms with Gasteiger partial charge in [-0.05, 0) is 18.6 Å². The molecule has 1 saturated heterocycles. The van der Waals surface area contributed by atoms with Crippen LogP contribution in [-0.4, -0.2) is 46.8 Å². The van der Waals surface area contributed by atoms with Crippen molar-refractivity contribution in [2.24, 2.45) is 0 Å². The molecular formula is C19H21N3O3. The largest absolute Gasteiger partial charge is 0.336 e. The molecule has 1 aliphatic heterocycles. The van der Waals surface area contributed by atoms with Gasteiger partial charge in [-0.3, -0.25) is 19.8 Å². The van der Waals surface area contributed by atoms with E-state index in [1.165, 1.54) is 23.3 Å². The van der Waals surface area contributed by atoms with Crippen LogP contribution in [0.2, 0.25) is 0 Å². The van der Waals surface area contributed by atoms with Crippen molar-refractivity contribution < 1.29 is 9.72 Å². The third-order valence-electron chi connectivity index (χ3n) is 4.45. The molecule has 2 aromatic rings. The summed E-state index contributed by atoms with van der Waals surface area (Å²) in [6.07, 6.45) is 0. The zero-order valence-electron chi connectivity index (χ0n) is 14.2. The first-order valence-electron chi connectivity index (χ1n) is 8.34. The number of non-ortho nitro benzene ring substituents is 1. The Labute approximate surface area is 146 Å². The molecule has 0 N–H and O–H groups in total. The first-order valence-corrected chi connectivity index (χ1v) is 8.34. The van der Waals surface area contributed by atoms with Crippen molar-refractivity contribution in [1.82, 2.24) is 9.80 Å². The molecule has 0 bridgehead atoms. The topological polar surface area (TPSA) is 66.7 Å². The Morgan fingerprint density at radius 2 is 1.80 bits per heavy atom. The van der Waals surface area contributed by atoms with Crippen molar-refractivity contribution in [3.8, 4) is 0 Å². The Morgan fingerprint density at radius 1 is 1.08 bits per heavy atom. The molecule has 0 aliphatic carbocycles. The van der Waals surface area contributed by atoms with Gasteiger partial charge in [-0.25, -0.2) is 0 Å². The Bertz CT molecular complexity index is 783. The SMILES string of the molecule is Cc1cccc(CN2CCN(C(=O)c3cccc([N+](=O)[O-])c3)CC2)c1. The summed E-state index contributed by atoms with van der Waals surface area (Å²) in [5, 5.41) is 10.9. The van der Waals surface area contributed by atoms with Crippen LogP contribution in [0.15, 0.2) is 48.5 Å². The van der Waals surface area contributed by atoms with Gasteiger partial charge in [-0.2, -0.15) is 0 Å². The van der Waals surface area contributed by atoms with Crippen LogP contribution in [-0.2, 0) is 6.54 Å². The van der Waals surface area contributed by atoms with Gasteiger partial charge in [0.1, 0.15) is 0 Å². The van der Waals surface area contributed by atoms with Crippen LogP contribution in [0.3, 0.4) is 0 Å². The highest BCUT2D eigenvalue weighted by atomic mass is 16.6. The predicted octanol–water partition coefficient (Wildman–Crippen LogP) is 2.86. The van der Waals surface area contributed by atoms with Gasteiger partial charge >= 0.3 is 0 Å². The third kappa shape index (κ3) is 4.22. The summed E-state index contributed by atoms with van der Waals surface area (Å²) in [7, 11) is 0. The van der Waals surface area contributed by atoms with Gasteiger partial charge in [-0.1, -0.05) is 35.9 Å². The van der Waals surface area contributed by atoms with Gasteiger partial charge in [0.15, 0.2) is 0 Å². The molecule has 6 heteroatoms. The summed E-state index contributed by atoms with van der Waals surface area (Å²) in [6, 6.07) is 14.4. The molecule has 6 nitrogen and oxygen atoms in total. The van der Waals surface area contributed by atoms with E-state index in [9.17, 15) is 14.9 Å². The molecule has 0 saturated carbocycles. The highest BCUT2D eigenvalue weighted by molar-refractivity contribution is 5.94. The standard InChI is InChI=1S/C19H21N3O3/c1-15-4-2-5-16(12-15)14-20-8-10-21(11-9-20)19(23)17-6-3-7-18(13-17)22(24)25/h2-7,12-13H,8-11,14H2,1H3. The van der Waals surface area contributed by atoms with Crippen LogP contribution in [0.25, 0.3) is 0 Å². The second-order valence-electron chi connectivity index (χ2n) is 6.36. The molecule has 0 aromatic heterocycles. The molecular weight excluding hydrogens is 318 g/mol. The van der Waals surface area contributed by atoms with Gasteiger partial charge in [0.2, 0.25) is 0 Å². The number of carbonyl (C=O) groups excluding carboxylic acids is 1. The summed E-state index contributed by atoms with van der Waals surface area (Å²) < 4.78 is 0. The Hall–Kier alpha value is -2.73. The minimum Gasteiger partial charge on any atom is -0.336 e. The minimum atomic E-state index is -0.476. The smallest absolute Gasteiger partial charge is 0.270 e.